The van der Waals surface area contributed by atoms with E-state index in [4.69, 9.17) is 0 Å². The second-order valence-electron chi connectivity index (χ2n) is 2.80. The molecule has 7 heteroatoms. The van der Waals surface area contributed by atoms with E-state index >= 15 is 0 Å². The first kappa shape index (κ1) is 13.5. The van der Waals surface area contributed by atoms with Crippen molar-refractivity contribution in [2.75, 3.05) is 7.11 Å². The fourth-order valence-corrected chi connectivity index (χ4v) is 2.10. The van der Waals surface area contributed by atoms with E-state index in [0.717, 1.165) is 19.2 Å². The molecule has 0 radical (unpaired) electrons. The molecule has 0 fully saturated rings. The molecule has 0 N–H and O–H groups in total. The Morgan fingerprint density at radius 2 is 1.81 bits per heavy atom. The monoisotopic (exact) mass is 360 g/mol. The van der Waals surface area contributed by atoms with Crippen molar-refractivity contribution in [2.24, 2.45) is 0 Å². The molecule has 2 nitrogen and oxygen atoms in total. The van der Waals surface area contributed by atoms with Crippen LogP contribution in [0.25, 0.3) is 0 Å². The molecular weight excluding hydrogens is 357 g/mol. The Labute approximate surface area is 106 Å². The summed E-state index contributed by atoms with van der Waals surface area (Å²) in [5.74, 6) is -0.707. The molecule has 0 saturated heterocycles. The Kier molecular flexibility index (Phi) is 4.01. The van der Waals surface area contributed by atoms with Crippen LogP contribution in [-0.2, 0) is 10.9 Å². The molecule has 0 saturated carbocycles. The van der Waals surface area contributed by atoms with Crippen molar-refractivity contribution < 1.29 is 22.7 Å². The van der Waals surface area contributed by atoms with Crippen molar-refractivity contribution in [3.8, 4) is 0 Å². The lowest BCUT2D eigenvalue weighted by atomic mass is 10.1. The summed E-state index contributed by atoms with van der Waals surface area (Å²) in [4.78, 5) is 11.2. The molecular formula is C9H5Br2F3O2. The number of carbonyl (C=O) groups is 1. The van der Waals surface area contributed by atoms with Crippen LogP contribution < -0.4 is 0 Å². The summed E-state index contributed by atoms with van der Waals surface area (Å²) in [5.41, 5.74) is -0.825. The van der Waals surface area contributed by atoms with Gasteiger partial charge in [0.1, 0.15) is 0 Å². The van der Waals surface area contributed by atoms with Gasteiger partial charge >= 0.3 is 12.1 Å². The number of alkyl halides is 3. The van der Waals surface area contributed by atoms with E-state index in [2.05, 4.69) is 36.6 Å². The molecule has 0 aliphatic heterocycles. The third-order valence-electron chi connectivity index (χ3n) is 1.77. The summed E-state index contributed by atoms with van der Waals surface area (Å²) < 4.78 is 41.7. The third kappa shape index (κ3) is 2.76. The molecule has 1 rings (SSSR count). The highest BCUT2D eigenvalue weighted by Crippen LogP contribution is 2.37. The van der Waals surface area contributed by atoms with Crippen molar-refractivity contribution >= 4 is 37.8 Å². The Morgan fingerprint density at radius 1 is 1.25 bits per heavy atom. The Morgan fingerprint density at radius 3 is 2.25 bits per heavy atom. The zero-order valence-corrected chi connectivity index (χ0v) is 11.0. The quantitative estimate of drug-likeness (QED) is 0.706. The predicted octanol–water partition coefficient (Wildman–Crippen LogP) is 4.02. The molecule has 88 valence electrons. The number of hydrogen-bond donors (Lipinski definition) is 0. The highest BCUT2D eigenvalue weighted by atomic mass is 79.9. The average Bonchev–Trinajstić information content (AvgIpc) is 2.18. The number of methoxy groups -OCH3 is 1. The minimum Gasteiger partial charge on any atom is -0.465 e. The summed E-state index contributed by atoms with van der Waals surface area (Å²) >= 11 is 5.66. The van der Waals surface area contributed by atoms with Crippen molar-refractivity contribution in [2.45, 2.75) is 6.18 Å². The minimum absolute atomic E-state index is 0.0300. The highest BCUT2D eigenvalue weighted by molar-refractivity contribution is 9.11. The molecule has 0 bridgehead atoms. The molecule has 0 heterocycles. The lowest BCUT2D eigenvalue weighted by Gasteiger charge is -2.11. The Bertz CT molecular complexity index is 429. The zero-order valence-electron chi connectivity index (χ0n) is 7.86. The molecule has 0 amide bonds. The van der Waals surface area contributed by atoms with E-state index in [1.807, 2.05) is 0 Å². The van der Waals surface area contributed by atoms with Gasteiger partial charge in [0.05, 0.1) is 18.2 Å². The molecule has 1 aromatic carbocycles. The lowest BCUT2D eigenvalue weighted by Crippen LogP contribution is -2.09. The van der Waals surface area contributed by atoms with E-state index in [-0.39, 0.29) is 14.5 Å². The Balaban J connectivity index is 3.33. The number of esters is 1. The van der Waals surface area contributed by atoms with Gasteiger partial charge in [0.25, 0.3) is 0 Å². The number of ether oxygens (including phenoxy) is 1. The summed E-state index contributed by atoms with van der Waals surface area (Å²) in [6.07, 6.45) is -4.48. The fraction of sp³-hybridized carbons (Fsp3) is 0.222. The second kappa shape index (κ2) is 4.75. The molecule has 0 aliphatic rings. The number of carbonyl (C=O) groups excluding carboxylic acids is 1. The Hall–Kier alpha value is -0.560. The van der Waals surface area contributed by atoms with Crippen LogP contribution in [0.1, 0.15) is 15.9 Å². The third-order valence-corrected chi connectivity index (χ3v) is 3.08. The molecule has 0 spiro atoms. The van der Waals surface area contributed by atoms with Crippen LogP contribution in [0.5, 0.6) is 0 Å². The number of halogens is 5. The molecule has 0 aliphatic carbocycles. The SMILES string of the molecule is COC(=O)c1cc(Br)c(C(F)(F)F)cc1Br. The van der Waals surface area contributed by atoms with Gasteiger partial charge in [-0.1, -0.05) is 15.9 Å². The standard InChI is InChI=1S/C9H5Br2F3O2/c1-16-8(15)4-2-7(11)5(3-6(4)10)9(12,13)14/h2-3H,1H3. The topological polar surface area (TPSA) is 26.3 Å². The van der Waals surface area contributed by atoms with Crippen molar-refractivity contribution in [3.05, 3.63) is 32.2 Å². The lowest BCUT2D eigenvalue weighted by molar-refractivity contribution is -0.138. The van der Waals surface area contributed by atoms with E-state index in [9.17, 15) is 18.0 Å². The number of hydrogen-bond acceptors (Lipinski definition) is 2. The smallest absolute Gasteiger partial charge is 0.417 e. The summed E-state index contributed by atoms with van der Waals surface area (Å²) in [7, 11) is 1.15. The average molecular weight is 362 g/mol. The normalized spacial score (nSPS) is 11.4. The van der Waals surface area contributed by atoms with Gasteiger partial charge in [-0.3, -0.25) is 0 Å². The second-order valence-corrected chi connectivity index (χ2v) is 4.51. The highest BCUT2D eigenvalue weighted by Gasteiger charge is 2.34. The largest absolute Gasteiger partial charge is 0.465 e. The van der Waals surface area contributed by atoms with Gasteiger partial charge < -0.3 is 4.74 Å². The van der Waals surface area contributed by atoms with Gasteiger partial charge in [-0.25, -0.2) is 4.79 Å². The summed E-state index contributed by atoms with van der Waals surface area (Å²) in [6, 6.07) is 1.90. The number of rotatable bonds is 1. The number of benzene rings is 1. The first-order valence-electron chi connectivity index (χ1n) is 3.92. The van der Waals surface area contributed by atoms with Crippen LogP contribution >= 0.6 is 31.9 Å². The van der Waals surface area contributed by atoms with Gasteiger partial charge in [-0.15, -0.1) is 0 Å². The predicted molar refractivity (Wildman–Crippen MR) is 58.2 cm³/mol. The minimum atomic E-state index is -4.48. The van der Waals surface area contributed by atoms with Crippen LogP contribution in [0.2, 0.25) is 0 Å². The first-order valence-corrected chi connectivity index (χ1v) is 5.50. The fourth-order valence-electron chi connectivity index (χ4n) is 1.03. The van der Waals surface area contributed by atoms with E-state index in [1.54, 1.807) is 0 Å². The van der Waals surface area contributed by atoms with Gasteiger partial charge in [0.2, 0.25) is 0 Å². The van der Waals surface area contributed by atoms with Crippen LogP contribution in [-0.4, -0.2) is 13.1 Å². The molecule has 0 atom stereocenters. The summed E-state index contributed by atoms with van der Waals surface area (Å²) in [6.45, 7) is 0. The van der Waals surface area contributed by atoms with Crippen molar-refractivity contribution in [1.29, 1.82) is 0 Å². The van der Waals surface area contributed by atoms with Gasteiger partial charge in [0, 0.05) is 8.95 Å². The maximum Gasteiger partial charge on any atom is 0.417 e. The van der Waals surface area contributed by atoms with Crippen LogP contribution in [0.4, 0.5) is 13.2 Å². The van der Waals surface area contributed by atoms with Crippen molar-refractivity contribution in [1.82, 2.24) is 0 Å². The summed E-state index contributed by atoms with van der Waals surface area (Å²) in [5, 5.41) is 0. The molecule has 16 heavy (non-hydrogen) atoms. The van der Waals surface area contributed by atoms with Crippen LogP contribution in [0.15, 0.2) is 21.1 Å². The van der Waals surface area contributed by atoms with E-state index < -0.39 is 17.7 Å². The molecule has 1 aromatic rings. The zero-order chi connectivity index (χ0) is 12.5. The van der Waals surface area contributed by atoms with E-state index in [1.165, 1.54) is 0 Å². The van der Waals surface area contributed by atoms with Gasteiger partial charge in [-0.2, -0.15) is 13.2 Å². The van der Waals surface area contributed by atoms with Crippen molar-refractivity contribution in [3.63, 3.8) is 0 Å². The van der Waals surface area contributed by atoms with Crippen LogP contribution in [0, 0.1) is 0 Å². The molecule has 0 unspecified atom stereocenters. The van der Waals surface area contributed by atoms with Crippen LogP contribution in [0.3, 0.4) is 0 Å². The van der Waals surface area contributed by atoms with E-state index in [0.29, 0.717) is 0 Å². The molecule has 0 aromatic heterocycles. The maximum absolute atomic E-state index is 12.5. The maximum atomic E-state index is 12.5. The van der Waals surface area contributed by atoms with Gasteiger partial charge in [-0.05, 0) is 28.1 Å². The van der Waals surface area contributed by atoms with Gasteiger partial charge in [0.15, 0.2) is 0 Å². The first-order chi connectivity index (χ1) is 7.27.